The van der Waals surface area contributed by atoms with E-state index in [-0.39, 0.29) is 11.5 Å². The minimum atomic E-state index is -0.390. The van der Waals surface area contributed by atoms with Crippen LogP contribution in [0, 0.1) is 0 Å². The maximum Gasteiger partial charge on any atom is 0.263 e. The number of nitrogens with one attached hydrogen (secondary N) is 1. The first kappa shape index (κ1) is 22.2. The molecule has 7 nitrogen and oxygen atoms in total. The van der Waals surface area contributed by atoms with Gasteiger partial charge >= 0.3 is 0 Å². The molecule has 0 saturated heterocycles. The number of ether oxygens (including phenoxy) is 3. The third-order valence-corrected chi connectivity index (χ3v) is 5.43. The van der Waals surface area contributed by atoms with Crippen molar-refractivity contribution < 1.29 is 23.4 Å². The average Bonchev–Trinajstić information content (AvgIpc) is 3.26. The van der Waals surface area contributed by atoms with Crippen molar-refractivity contribution >= 4 is 22.7 Å². The monoisotopic (exact) mass is 446 g/mol. The number of fused-ring (bicyclic) bond motifs is 1. The number of benzene rings is 3. The van der Waals surface area contributed by atoms with Crippen LogP contribution < -0.4 is 19.5 Å². The lowest BCUT2D eigenvalue weighted by Gasteiger charge is -2.15. The first-order valence-corrected chi connectivity index (χ1v) is 10.6. The molecule has 0 fully saturated rings. The quantitative estimate of drug-likeness (QED) is 0.381. The third-order valence-electron chi connectivity index (χ3n) is 5.43. The van der Waals surface area contributed by atoms with E-state index in [4.69, 9.17) is 18.6 Å². The van der Waals surface area contributed by atoms with Crippen molar-refractivity contribution in [1.29, 1.82) is 0 Å². The molecule has 0 radical (unpaired) electrons. The van der Waals surface area contributed by atoms with Crippen LogP contribution in [0.4, 0.5) is 5.69 Å². The first-order chi connectivity index (χ1) is 15.9. The highest BCUT2D eigenvalue weighted by Gasteiger charge is 2.20. The van der Waals surface area contributed by atoms with Crippen molar-refractivity contribution in [3.63, 3.8) is 0 Å². The van der Waals surface area contributed by atoms with Crippen LogP contribution in [0.2, 0.25) is 0 Å². The molecular formula is C26H26N2O5. The average molecular weight is 447 g/mol. The Kier molecular flexibility index (Phi) is 6.22. The molecule has 1 N–H and O–H groups in total. The van der Waals surface area contributed by atoms with Gasteiger partial charge in [-0.15, -0.1) is 0 Å². The van der Waals surface area contributed by atoms with E-state index in [9.17, 15) is 4.79 Å². The van der Waals surface area contributed by atoms with Crippen molar-refractivity contribution in [3.05, 3.63) is 65.7 Å². The predicted molar refractivity (Wildman–Crippen MR) is 128 cm³/mol. The van der Waals surface area contributed by atoms with Gasteiger partial charge in [0.15, 0.2) is 5.58 Å². The van der Waals surface area contributed by atoms with Crippen LogP contribution >= 0.6 is 0 Å². The summed E-state index contributed by atoms with van der Waals surface area (Å²) in [6.07, 6.45) is 0. The van der Waals surface area contributed by atoms with Crippen molar-refractivity contribution in [2.45, 2.75) is 19.8 Å². The molecule has 0 saturated carbocycles. The Balaban J connectivity index is 1.71. The highest BCUT2D eigenvalue weighted by Crippen LogP contribution is 2.34. The Bertz CT molecular complexity index is 1290. The van der Waals surface area contributed by atoms with Gasteiger partial charge in [-0.25, -0.2) is 4.98 Å². The topological polar surface area (TPSA) is 82.8 Å². The molecule has 1 amide bonds. The molecule has 3 aromatic carbocycles. The Labute approximate surface area is 192 Å². The number of oxazole rings is 1. The molecule has 0 aliphatic heterocycles. The molecule has 0 unspecified atom stereocenters. The molecule has 4 rings (SSSR count). The summed E-state index contributed by atoms with van der Waals surface area (Å²) in [5, 5.41) is 2.90. The molecule has 1 aromatic heterocycles. The van der Waals surface area contributed by atoms with Crippen LogP contribution in [0.25, 0.3) is 22.6 Å². The van der Waals surface area contributed by atoms with Crippen LogP contribution in [0.1, 0.15) is 35.7 Å². The van der Waals surface area contributed by atoms with Crippen molar-refractivity contribution in [2.75, 3.05) is 26.6 Å². The zero-order valence-electron chi connectivity index (χ0n) is 19.3. The smallest absolute Gasteiger partial charge is 0.263 e. The highest BCUT2D eigenvalue weighted by atomic mass is 16.5. The van der Waals surface area contributed by atoms with Crippen molar-refractivity contribution in [1.82, 2.24) is 4.98 Å². The lowest BCUT2D eigenvalue weighted by Crippen LogP contribution is -2.15. The van der Waals surface area contributed by atoms with Crippen LogP contribution in [-0.4, -0.2) is 32.2 Å². The van der Waals surface area contributed by atoms with Gasteiger partial charge in [0.1, 0.15) is 28.3 Å². The Morgan fingerprint density at radius 2 is 1.61 bits per heavy atom. The molecule has 0 spiro atoms. The van der Waals surface area contributed by atoms with Crippen LogP contribution in [0.5, 0.6) is 17.2 Å². The number of hydrogen-bond donors (Lipinski definition) is 1. The minimum absolute atomic E-state index is 0.290. The fourth-order valence-electron chi connectivity index (χ4n) is 3.63. The van der Waals surface area contributed by atoms with E-state index >= 15 is 0 Å². The first-order valence-electron chi connectivity index (χ1n) is 10.6. The van der Waals surface area contributed by atoms with E-state index in [0.29, 0.717) is 45.9 Å². The van der Waals surface area contributed by atoms with Crippen LogP contribution in [-0.2, 0) is 0 Å². The molecule has 0 aliphatic rings. The molecule has 33 heavy (non-hydrogen) atoms. The lowest BCUT2D eigenvalue weighted by molar-refractivity contribution is 0.102. The maximum absolute atomic E-state index is 13.2. The van der Waals surface area contributed by atoms with Gasteiger partial charge in [-0.2, -0.15) is 0 Å². The fraction of sp³-hybridized carbons (Fsp3) is 0.231. The van der Waals surface area contributed by atoms with E-state index in [0.717, 1.165) is 5.52 Å². The summed E-state index contributed by atoms with van der Waals surface area (Å²) in [6.45, 7) is 4.27. The molecule has 0 aliphatic carbocycles. The van der Waals surface area contributed by atoms with E-state index in [1.54, 1.807) is 37.4 Å². The molecule has 4 aromatic rings. The van der Waals surface area contributed by atoms with Crippen LogP contribution in [0.3, 0.4) is 0 Å². The van der Waals surface area contributed by atoms with Crippen molar-refractivity contribution in [3.8, 4) is 28.7 Å². The second kappa shape index (κ2) is 9.24. The number of nitrogens with zero attached hydrogens (tertiary/aromatic N) is 1. The molecule has 7 heteroatoms. The molecule has 170 valence electrons. The number of rotatable bonds is 7. The van der Waals surface area contributed by atoms with E-state index in [1.165, 1.54) is 19.8 Å². The standard InChI is InChI=1S/C26H26N2O5/c1-15(2)16-9-12-21-19(13-16)28-26(33-21)17-10-11-20(30-3)18(14-17)27-25(29)24-22(31-4)7-6-8-23(24)32-5/h6-15H,1-5H3,(H,27,29). The third kappa shape index (κ3) is 4.35. The highest BCUT2D eigenvalue weighted by molar-refractivity contribution is 6.09. The fourth-order valence-corrected chi connectivity index (χ4v) is 3.63. The van der Waals surface area contributed by atoms with Gasteiger partial charge in [0.05, 0.1) is 27.0 Å². The SMILES string of the molecule is COc1ccc(-c2nc3cc(C(C)C)ccc3o2)cc1NC(=O)c1c(OC)cccc1OC. The summed E-state index contributed by atoms with van der Waals surface area (Å²) in [5.41, 5.74) is 4.15. The van der Waals surface area contributed by atoms with Crippen molar-refractivity contribution in [2.24, 2.45) is 0 Å². The number of carbonyl (C=O) groups excluding carboxylic acids is 1. The maximum atomic E-state index is 13.2. The second-order valence-corrected chi connectivity index (χ2v) is 7.81. The second-order valence-electron chi connectivity index (χ2n) is 7.81. The molecule has 0 bridgehead atoms. The summed E-state index contributed by atoms with van der Waals surface area (Å²) < 4.78 is 22.2. The van der Waals surface area contributed by atoms with E-state index in [1.807, 2.05) is 24.3 Å². The number of amides is 1. The summed E-state index contributed by atoms with van der Waals surface area (Å²) >= 11 is 0. The predicted octanol–water partition coefficient (Wildman–Crippen LogP) is 5.90. The van der Waals surface area contributed by atoms with Gasteiger partial charge < -0.3 is 23.9 Å². The van der Waals surface area contributed by atoms with E-state index in [2.05, 4.69) is 24.1 Å². The lowest BCUT2D eigenvalue weighted by atomic mass is 10.0. The Hall–Kier alpha value is -4.00. The van der Waals surface area contributed by atoms with Crippen LogP contribution in [0.15, 0.2) is 59.0 Å². The largest absolute Gasteiger partial charge is 0.496 e. The van der Waals surface area contributed by atoms with Gasteiger partial charge in [0.25, 0.3) is 5.91 Å². The Morgan fingerprint density at radius 1 is 0.909 bits per heavy atom. The molecule has 0 atom stereocenters. The number of carbonyl (C=O) groups is 1. The minimum Gasteiger partial charge on any atom is -0.496 e. The summed E-state index contributed by atoms with van der Waals surface area (Å²) in [4.78, 5) is 17.8. The summed E-state index contributed by atoms with van der Waals surface area (Å²) in [6, 6.07) is 16.5. The summed E-state index contributed by atoms with van der Waals surface area (Å²) in [7, 11) is 4.55. The molecule has 1 heterocycles. The normalized spacial score (nSPS) is 11.0. The van der Waals surface area contributed by atoms with Gasteiger partial charge in [0, 0.05) is 5.56 Å². The molecular weight excluding hydrogens is 420 g/mol. The Morgan fingerprint density at radius 3 is 2.24 bits per heavy atom. The van der Waals surface area contributed by atoms with Gasteiger partial charge in [-0.1, -0.05) is 26.0 Å². The zero-order valence-corrected chi connectivity index (χ0v) is 19.3. The number of anilines is 1. The summed E-state index contributed by atoms with van der Waals surface area (Å²) in [5.74, 6) is 1.77. The number of hydrogen-bond acceptors (Lipinski definition) is 6. The van der Waals surface area contributed by atoms with E-state index < -0.39 is 0 Å². The van der Waals surface area contributed by atoms with Gasteiger partial charge in [-0.05, 0) is 53.9 Å². The van der Waals surface area contributed by atoms with Gasteiger partial charge in [-0.3, -0.25) is 4.79 Å². The zero-order chi connectivity index (χ0) is 23.5. The number of aromatic nitrogens is 1. The van der Waals surface area contributed by atoms with Gasteiger partial charge in [0.2, 0.25) is 5.89 Å². The number of methoxy groups -OCH3 is 3.